The summed E-state index contributed by atoms with van der Waals surface area (Å²) in [4.78, 5) is 11.8. The van der Waals surface area contributed by atoms with Gasteiger partial charge >= 0.3 is 164 Å². The first-order valence-corrected chi connectivity index (χ1v) is 12.7. The van der Waals surface area contributed by atoms with Crippen LogP contribution in [-0.2, 0) is 8.88 Å². The zero-order valence-electron chi connectivity index (χ0n) is 13.8. The summed E-state index contributed by atoms with van der Waals surface area (Å²) in [6.07, 6.45) is 8.09. The molecule has 0 N–H and O–H groups in total. The Bertz CT molecular complexity index is 278. The van der Waals surface area contributed by atoms with Gasteiger partial charge in [0.25, 0.3) is 0 Å². The quantitative estimate of drug-likeness (QED) is 0.343. The molecule has 1 atom stereocenters. The van der Waals surface area contributed by atoms with Crippen LogP contribution in [0.1, 0.15) is 51.9 Å². The maximum absolute atomic E-state index is 11.8. The topological polar surface area (TPSA) is 49.4 Å². The molecule has 6 heteroatoms. The van der Waals surface area contributed by atoms with Gasteiger partial charge in [-0.2, -0.15) is 0 Å². The molecule has 0 bridgehead atoms. The third kappa shape index (κ3) is 18.2. The van der Waals surface area contributed by atoms with E-state index in [0.29, 0.717) is 0 Å². The molecule has 0 amide bonds. The van der Waals surface area contributed by atoms with Gasteiger partial charge in [-0.15, -0.1) is 0 Å². The smallest absolute Gasteiger partial charge is 1.00 e. The molecule has 0 rings (SSSR count). The van der Waals surface area contributed by atoms with Crippen LogP contribution < -0.4 is 56.3 Å². The van der Waals surface area contributed by atoms with Crippen LogP contribution in [0, 0.1) is 0 Å². The van der Waals surface area contributed by atoms with E-state index in [1.165, 1.54) is 25.7 Å². The summed E-state index contributed by atoms with van der Waals surface area (Å²) in [5.74, 6) is 0. The summed E-state index contributed by atoms with van der Waals surface area (Å²) >= 11 is 0. The minimum Gasteiger partial charge on any atom is 1.00 e. The molecule has 112 valence electrons. The fourth-order valence-corrected chi connectivity index (χ4v) is 6.72. The van der Waals surface area contributed by atoms with Crippen molar-refractivity contribution in [3.8, 4) is 0 Å². The molecule has 0 aromatic carbocycles. The van der Waals surface area contributed by atoms with Crippen molar-refractivity contribution >= 4 is 14.4 Å². The Morgan fingerprint density at radius 3 is 1.79 bits per heavy atom. The van der Waals surface area contributed by atoms with Crippen molar-refractivity contribution in [3.63, 3.8) is 0 Å². The van der Waals surface area contributed by atoms with E-state index in [1.54, 1.807) is 0 Å². The third-order valence-electron chi connectivity index (χ3n) is 2.49. The van der Waals surface area contributed by atoms with E-state index in [2.05, 4.69) is 6.92 Å². The Kier molecular flexibility index (Phi) is 12.5. The van der Waals surface area contributed by atoms with E-state index in [-0.39, 0.29) is 57.5 Å². The first kappa shape index (κ1) is 23.5. The molecule has 0 spiro atoms. The van der Waals surface area contributed by atoms with Crippen LogP contribution in [0.3, 0.4) is 0 Å². The minimum absolute atomic E-state index is 0. The van der Waals surface area contributed by atoms with Gasteiger partial charge in [0.1, 0.15) is 0 Å². The summed E-state index contributed by atoms with van der Waals surface area (Å²) in [5.41, 5.74) is 0. The van der Waals surface area contributed by atoms with E-state index < -0.39 is 14.4 Å². The average molecular weight is 336 g/mol. The van der Waals surface area contributed by atoms with Crippen LogP contribution in [-0.4, -0.2) is 32.8 Å². The molecule has 0 saturated carbocycles. The van der Waals surface area contributed by atoms with Crippen LogP contribution >= 0.6 is 14.4 Å². The molecule has 0 aromatic heterocycles. The predicted octanol–water partition coefficient (Wildman–Crippen LogP) is 1.30. The average Bonchev–Trinajstić information content (AvgIpc) is 2.11. The number of rotatable bonds is 10. The zero-order chi connectivity index (χ0) is 14.3. The molecular formula is C13H31KO3P2. The molecule has 0 radical (unpaired) electrons. The van der Waals surface area contributed by atoms with E-state index in [4.69, 9.17) is 4.31 Å². The van der Waals surface area contributed by atoms with Crippen LogP contribution in [0.4, 0.5) is 0 Å². The summed E-state index contributed by atoms with van der Waals surface area (Å²) < 4.78 is 17.2. The molecule has 3 nitrogen and oxygen atoms in total. The molecular weight excluding hydrogens is 305 g/mol. The summed E-state index contributed by atoms with van der Waals surface area (Å²) in [7, 11) is -3.63. The van der Waals surface area contributed by atoms with Crippen molar-refractivity contribution in [2.75, 3.05) is 32.8 Å². The van der Waals surface area contributed by atoms with Crippen molar-refractivity contribution in [2.45, 2.75) is 51.9 Å². The molecule has 1 unspecified atom stereocenters. The molecule has 19 heavy (non-hydrogen) atoms. The molecule has 0 fully saturated rings. The molecule has 0 aliphatic rings. The zero-order valence-corrected chi connectivity index (χ0v) is 18.7. The standard InChI is InChI=1S/C13H32O3P2.K/c1-6-7-8-9-10-11-12-13-17(14,15)16-18(2,3,4)5;/h6-13H2,1-5H3,(H,14,15);/q;+1/p-1. The third-order valence-corrected chi connectivity index (χ3v) is 6.96. The van der Waals surface area contributed by atoms with Gasteiger partial charge in [0.2, 0.25) is 0 Å². The van der Waals surface area contributed by atoms with E-state index in [1.807, 2.05) is 26.7 Å². The Balaban J connectivity index is 0. The second-order valence-electron chi connectivity index (χ2n) is 6.95. The number of hydrogen-bond acceptors (Lipinski definition) is 3. The normalized spacial score (nSPS) is 17.1. The van der Waals surface area contributed by atoms with Gasteiger partial charge in [0.05, 0.1) is 0 Å². The van der Waals surface area contributed by atoms with Gasteiger partial charge in [0, 0.05) is 0 Å². The Hall–Kier alpha value is 2.22. The van der Waals surface area contributed by atoms with Crippen molar-refractivity contribution < 1.29 is 65.2 Å². The first-order valence-electron chi connectivity index (χ1n) is 7.04. The largest absolute Gasteiger partial charge is 1.00 e. The van der Waals surface area contributed by atoms with Gasteiger partial charge < -0.3 is 0 Å². The molecule has 0 saturated heterocycles. The van der Waals surface area contributed by atoms with Gasteiger partial charge in [-0.25, -0.2) is 0 Å². The van der Waals surface area contributed by atoms with Crippen molar-refractivity contribution in [1.29, 1.82) is 0 Å². The van der Waals surface area contributed by atoms with Crippen molar-refractivity contribution in [3.05, 3.63) is 0 Å². The summed E-state index contributed by atoms with van der Waals surface area (Å²) in [6, 6.07) is 0. The second-order valence-corrected chi connectivity index (χ2v) is 16.1. The van der Waals surface area contributed by atoms with E-state index in [0.717, 1.165) is 19.3 Å². The van der Waals surface area contributed by atoms with Crippen molar-refractivity contribution in [1.82, 2.24) is 0 Å². The van der Waals surface area contributed by atoms with Crippen LogP contribution in [0.15, 0.2) is 0 Å². The predicted molar refractivity (Wildman–Crippen MR) is 82.2 cm³/mol. The molecule has 0 aliphatic carbocycles. The second kappa shape index (κ2) is 10.1. The van der Waals surface area contributed by atoms with Crippen LogP contribution in [0.2, 0.25) is 0 Å². The summed E-state index contributed by atoms with van der Waals surface area (Å²) in [6.45, 7) is 7.45. The monoisotopic (exact) mass is 336 g/mol. The van der Waals surface area contributed by atoms with E-state index in [9.17, 15) is 9.46 Å². The first-order chi connectivity index (χ1) is 8.02. The summed E-state index contributed by atoms with van der Waals surface area (Å²) in [5, 5.41) is 0. The van der Waals surface area contributed by atoms with Gasteiger partial charge in [-0.05, 0) is 0 Å². The molecule has 0 aliphatic heterocycles. The van der Waals surface area contributed by atoms with Gasteiger partial charge in [-0.3, -0.25) is 0 Å². The van der Waals surface area contributed by atoms with Gasteiger partial charge in [-0.1, -0.05) is 0 Å². The number of hydrogen-bond donors (Lipinski definition) is 0. The van der Waals surface area contributed by atoms with E-state index >= 15 is 0 Å². The molecule has 0 aromatic rings. The van der Waals surface area contributed by atoms with Gasteiger partial charge in [0.15, 0.2) is 0 Å². The minimum atomic E-state index is -3.63. The maximum Gasteiger partial charge on any atom is 1.00 e. The SMILES string of the molecule is CCCCCCCCCP(=O)([O-])OP(C)(C)(C)C.[K+]. The number of unbranched alkanes of at least 4 members (excludes halogenated alkanes) is 6. The maximum atomic E-state index is 11.8. The fraction of sp³-hybridized carbons (Fsp3) is 1.00. The molecule has 0 heterocycles. The van der Waals surface area contributed by atoms with Crippen LogP contribution in [0.25, 0.3) is 0 Å². The Morgan fingerprint density at radius 2 is 1.37 bits per heavy atom. The van der Waals surface area contributed by atoms with Crippen molar-refractivity contribution in [2.24, 2.45) is 0 Å². The fourth-order valence-electron chi connectivity index (χ4n) is 1.80. The Labute approximate surface area is 162 Å². The van der Waals surface area contributed by atoms with Crippen LogP contribution in [0.5, 0.6) is 0 Å². The Morgan fingerprint density at radius 1 is 0.947 bits per heavy atom.